The van der Waals surface area contributed by atoms with E-state index in [-0.39, 0.29) is 11.9 Å². The van der Waals surface area contributed by atoms with Gasteiger partial charge < -0.3 is 10.6 Å². The summed E-state index contributed by atoms with van der Waals surface area (Å²) in [5.41, 5.74) is 1.16. The minimum Gasteiger partial charge on any atom is -0.354 e. The number of aromatic nitrogens is 2. The van der Waals surface area contributed by atoms with Crippen LogP contribution in [-0.2, 0) is 18.3 Å². The third-order valence-electron chi connectivity index (χ3n) is 3.45. The summed E-state index contributed by atoms with van der Waals surface area (Å²) in [7, 11) is 1.90. The lowest BCUT2D eigenvalue weighted by molar-refractivity contribution is -0.123. The zero-order valence-electron chi connectivity index (χ0n) is 11.1. The van der Waals surface area contributed by atoms with E-state index in [4.69, 9.17) is 0 Å². The molecule has 5 heteroatoms. The van der Waals surface area contributed by atoms with Crippen LogP contribution in [0.25, 0.3) is 0 Å². The Hall–Kier alpha value is -1.36. The number of nitrogens with one attached hydrogen (secondary N) is 2. The number of amides is 1. The number of hydrogen-bond acceptors (Lipinski definition) is 3. The Morgan fingerprint density at radius 2 is 2.50 bits per heavy atom. The molecule has 2 N–H and O–H groups in total. The van der Waals surface area contributed by atoms with E-state index < -0.39 is 0 Å². The van der Waals surface area contributed by atoms with E-state index in [0.717, 1.165) is 24.9 Å². The fraction of sp³-hybridized carbons (Fsp3) is 0.692. The zero-order chi connectivity index (χ0) is 13.0. The lowest BCUT2D eigenvalue weighted by Crippen LogP contribution is -2.48. The van der Waals surface area contributed by atoms with Crippen molar-refractivity contribution in [2.75, 3.05) is 13.1 Å². The van der Waals surface area contributed by atoms with Crippen molar-refractivity contribution in [2.24, 2.45) is 13.0 Å². The van der Waals surface area contributed by atoms with Gasteiger partial charge in [0, 0.05) is 19.8 Å². The van der Waals surface area contributed by atoms with Crippen LogP contribution in [0.2, 0.25) is 0 Å². The van der Waals surface area contributed by atoms with Crippen molar-refractivity contribution in [3.05, 3.63) is 18.0 Å². The van der Waals surface area contributed by atoms with Gasteiger partial charge in [-0.15, -0.1) is 0 Å². The van der Waals surface area contributed by atoms with Gasteiger partial charge in [-0.25, -0.2) is 0 Å². The number of nitrogens with zero attached hydrogens (tertiary/aromatic N) is 2. The Morgan fingerprint density at radius 3 is 3.17 bits per heavy atom. The van der Waals surface area contributed by atoms with Crippen LogP contribution in [0.1, 0.15) is 25.3 Å². The summed E-state index contributed by atoms with van der Waals surface area (Å²) in [6.45, 7) is 3.83. The normalized spacial score (nSPS) is 23.9. The molecule has 18 heavy (non-hydrogen) atoms. The van der Waals surface area contributed by atoms with Gasteiger partial charge in [0.05, 0.1) is 12.2 Å². The molecule has 2 unspecified atom stereocenters. The minimum absolute atomic E-state index is 0.0114. The van der Waals surface area contributed by atoms with Crippen LogP contribution in [-0.4, -0.2) is 34.8 Å². The minimum atomic E-state index is -0.0114. The summed E-state index contributed by atoms with van der Waals surface area (Å²) in [6.07, 6.45) is 6.76. The first-order valence-corrected chi connectivity index (χ1v) is 6.64. The maximum atomic E-state index is 11.9. The lowest BCUT2D eigenvalue weighted by Gasteiger charge is -2.27. The van der Waals surface area contributed by atoms with Crippen LogP contribution in [0.3, 0.4) is 0 Å². The maximum Gasteiger partial charge on any atom is 0.237 e. The van der Waals surface area contributed by atoms with Crippen molar-refractivity contribution in [2.45, 2.75) is 32.2 Å². The zero-order valence-corrected chi connectivity index (χ0v) is 11.1. The van der Waals surface area contributed by atoms with Crippen LogP contribution in [0.4, 0.5) is 0 Å². The van der Waals surface area contributed by atoms with Crippen LogP contribution in [0, 0.1) is 5.92 Å². The van der Waals surface area contributed by atoms with Crippen molar-refractivity contribution in [3.63, 3.8) is 0 Å². The van der Waals surface area contributed by atoms with E-state index in [1.165, 1.54) is 6.42 Å². The molecule has 100 valence electrons. The Balaban J connectivity index is 1.71. The molecular weight excluding hydrogens is 228 g/mol. The molecule has 1 aromatic heterocycles. The summed E-state index contributed by atoms with van der Waals surface area (Å²) in [5.74, 6) is 0.769. The molecule has 0 saturated carbocycles. The third kappa shape index (κ3) is 3.57. The average molecular weight is 250 g/mol. The second-order valence-electron chi connectivity index (χ2n) is 5.20. The largest absolute Gasteiger partial charge is 0.354 e. The summed E-state index contributed by atoms with van der Waals surface area (Å²) >= 11 is 0. The fourth-order valence-corrected chi connectivity index (χ4v) is 2.36. The second kappa shape index (κ2) is 6.00. The Kier molecular flexibility index (Phi) is 4.36. The van der Waals surface area contributed by atoms with E-state index in [0.29, 0.717) is 12.5 Å². The highest BCUT2D eigenvalue weighted by atomic mass is 16.2. The SMILES string of the molecule is CC1CCNC(C(=O)NCCc2cnn(C)c2)C1. The molecule has 0 spiro atoms. The van der Waals surface area contributed by atoms with Gasteiger partial charge in [0.15, 0.2) is 0 Å². The van der Waals surface area contributed by atoms with Crippen molar-refractivity contribution in [1.82, 2.24) is 20.4 Å². The molecule has 1 fully saturated rings. The molecule has 0 radical (unpaired) electrons. The number of rotatable bonds is 4. The van der Waals surface area contributed by atoms with E-state index in [1.807, 2.05) is 19.4 Å². The fourth-order valence-electron chi connectivity index (χ4n) is 2.36. The van der Waals surface area contributed by atoms with Crippen LogP contribution in [0.15, 0.2) is 12.4 Å². The van der Waals surface area contributed by atoms with Gasteiger partial charge in [-0.05, 0) is 37.3 Å². The predicted octanol–water partition coefficient (Wildman–Crippen LogP) is 0.467. The lowest BCUT2D eigenvalue weighted by atomic mass is 9.94. The molecule has 1 aliphatic heterocycles. The molecule has 0 aromatic carbocycles. The molecular formula is C13H22N4O. The summed E-state index contributed by atoms with van der Waals surface area (Å²) < 4.78 is 1.78. The molecule has 2 atom stereocenters. The summed E-state index contributed by atoms with van der Waals surface area (Å²) in [6, 6.07) is -0.0114. The topological polar surface area (TPSA) is 59.0 Å². The van der Waals surface area contributed by atoms with Gasteiger partial charge in [0.25, 0.3) is 0 Å². The predicted molar refractivity (Wildman–Crippen MR) is 70.1 cm³/mol. The van der Waals surface area contributed by atoms with Crippen LogP contribution < -0.4 is 10.6 Å². The molecule has 0 bridgehead atoms. The van der Waals surface area contributed by atoms with E-state index >= 15 is 0 Å². The van der Waals surface area contributed by atoms with Crippen molar-refractivity contribution in [3.8, 4) is 0 Å². The van der Waals surface area contributed by atoms with E-state index in [9.17, 15) is 4.79 Å². The number of piperidine rings is 1. The standard InChI is InChI=1S/C13H22N4O/c1-10-3-5-14-12(7-10)13(18)15-6-4-11-8-16-17(2)9-11/h8-10,12,14H,3-7H2,1-2H3,(H,15,18). The first kappa shape index (κ1) is 13.1. The van der Waals surface area contributed by atoms with Crippen molar-refractivity contribution >= 4 is 5.91 Å². The average Bonchev–Trinajstić information content (AvgIpc) is 2.75. The molecule has 5 nitrogen and oxygen atoms in total. The smallest absolute Gasteiger partial charge is 0.237 e. The number of hydrogen-bond donors (Lipinski definition) is 2. The molecule has 1 aromatic rings. The summed E-state index contributed by atoms with van der Waals surface area (Å²) in [4.78, 5) is 11.9. The first-order chi connectivity index (χ1) is 8.65. The highest BCUT2D eigenvalue weighted by Gasteiger charge is 2.23. The quantitative estimate of drug-likeness (QED) is 0.816. The van der Waals surface area contributed by atoms with Gasteiger partial charge in [0.2, 0.25) is 5.91 Å². The molecule has 0 aliphatic carbocycles. The van der Waals surface area contributed by atoms with Gasteiger partial charge in [-0.2, -0.15) is 5.10 Å². The number of aryl methyl sites for hydroxylation is 1. The maximum absolute atomic E-state index is 11.9. The monoisotopic (exact) mass is 250 g/mol. The van der Waals surface area contributed by atoms with Crippen molar-refractivity contribution < 1.29 is 4.79 Å². The summed E-state index contributed by atoms with van der Waals surface area (Å²) in [5, 5.41) is 10.4. The Labute approximate surface area is 108 Å². The van der Waals surface area contributed by atoms with E-state index in [1.54, 1.807) is 4.68 Å². The molecule has 1 aliphatic rings. The van der Waals surface area contributed by atoms with Gasteiger partial charge in [-0.1, -0.05) is 6.92 Å². The molecule has 1 saturated heterocycles. The highest BCUT2D eigenvalue weighted by molar-refractivity contribution is 5.81. The number of carbonyl (C=O) groups is 1. The second-order valence-corrected chi connectivity index (χ2v) is 5.20. The van der Waals surface area contributed by atoms with Crippen LogP contribution >= 0.6 is 0 Å². The third-order valence-corrected chi connectivity index (χ3v) is 3.45. The van der Waals surface area contributed by atoms with Gasteiger partial charge in [-0.3, -0.25) is 9.48 Å². The Bertz CT molecular complexity index is 401. The van der Waals surface area contributed by atoms with E-state index in [2.05, 4.69) is 22.7 Å². The molecule has 1 amide bonds. The first-order valence-electron chi connectivity index (χ1n) is 6.64. The van der Waals surface area contributed by atoms with Gasteiger partial charge >= 0.3 is 0 Å². The number of carbonyl (C=O) groups excluding carboxylic acids is 1. The Morgan fingerprint density at radius 1 is 1.67 bits per heavy atom. The molecule has 2 heterocycles. The van der Waals surface area contributed by atoms with Crippen LogP contribution in [0.5, 0.6) is 0 Å². The highest BCUT2D eigenvalue weighted by Crippen LogP contribution is 2.14. The van der Waals surface area contributed by atoms with Gasteiger partial charge in [0.1, 0.15) is 0 Å². The molecule has 2 rings (SSSR count). The van der Waals surface area contributed by atoms with Crippen molar-refractivity contribution in [1.29, 1.82) is 0 Å².